The van der Waals surface area contributed by atoms with Crippen molar-refractivity contribution in [2.24, 2.45) is 0 Å². The molecule has 0 saturated carbocycles. The van der Waals surface area contributed by atoms with Crippen LogP contribution in [0, 0.1) is 11.3 Å². The summed E-state index contributed by atoms with van der Waals surface area (Å²) in [6.07, 6.45) is 6.12. The van der Waals surface area contributed by atoms with Crippen molar-refractivity contribution >= 4 is 22.4 Å². The van der Waals surface area contributed by atoms with Gasteiger partial charge in [0.15, 0.2) is 0 Å². The number of piperidine rings is 1. The molecule has 7 nitrogen and oxygen atoms in total. The summed E-state index contributed by atoms with van der Waals surface area (Å²) in [5, 5.41) is 17.7. The highest BCUT2D eigenvalue weighted by atomic mass is 16.5. The summed E-state index contributed by atoms with van der Waals surface area (Å²) in [7, 11) is 1.62. The van der Waals surface area contributed by atoms with Crippen LogP contribution in [0.25, 0.3) is 22.0 Å². The zero-order valence-corrected chi connectivity index (χ0v) is 21.0. The van der Waals surface area contributed by atoms with E-state index in [4.69, 9.17) is 15.0 Å². The Morgan fingerprint density at radius 2 is 2.00 bits per heavy atom. The normalized spacial score (nSPS) is 24.0. The Morgan fingerprint density at radius 3 is 2.78 bits per heavy atom. The third-order valence-corrected chi connectivity index (χ3v) is 8.24. The van der Waals surface area contributed by atoms with Gasteiger partial charge in [-0.3, -0.25) is 9.69 Å². The van der Waals surface area contributed by atoms with Crippen LogP contribution in [0.3, 0.4) is 0 Å². The Hall–Kier alpha value is -3.89. The van der Waals surface area contributed by atoms with Crippen LogP contribution in [-0.4, -0.2) is 53.6 Å². The van der Waals surface area contributed by atoms with Gasteiger partial charge in [0.2, 0.25) is 0 Å². The van der Waals surface area contributed by atoms with Crippen LogP contribution in [0.5, 0.6) is 5.75 Å². The SMILES string of the molecule is C=C(C#N)CNc1c(OC)ccc2ccc(-c3cccc(C(=O)NC4CC5CCCC6CC4N56)n3)cc12. The summed E-state index contributed by atoms with van der Waals surface area (Å²) in [5.74, 6) is 0.581. The number of aromatic nitrogens is 1. The molecule has 0 bridgehead atoms. The number of fused-ring (bicyclic) bond motifs is 1. The quantitative estimate of drug-likeness (QED) is 0.455. The predicted molar refractivity (Wildman–Crippen MR) is 145 cm³/mol. The standard InChI is InChI=1S/C30H31N5O2/c1-18(16-31)17-32-29-23-13-20(10-9-19(23)11-12-28(29)37-2)24-7-4-8-25(33-24)30(36)34-26-14-21-5-3-6-22-15-27(26)35(21)22/h4,7-13,21-22,26-27,32H,1,3,5-6,14-15,17H2,2H3,(H,34,36). The first-order chi connectivity index (χ1) is 18.1. The fraction of sp³-hybridized carbons (Fsp3) is 0.367. The van der Waals surface area contributed by atoms with Crippen molar-refractivity contribution in [3.8, 4) is 23.1 Å². The van der Waals surface area contributed by atoms with Gasteiger partial charge in [0.1, 0.15) is 11.4 Å². The molecule has 37 heavy (non-hydrogen) atoms. The summed E-state index contributed by atoms with van der Waals surface area (Å²) in [6.45, 7) is 4.09. The highest BCUT2D eigenvalue weighted by Gasteiger charge is 2.53. The molecular formula is C30H31N5O2. The van der Waals surface area contributed by atoms with Gasteiger partial charge in [0.05, 0.1) is 24.6 Å². The monoisotopic (exact) mass is 493 g/mol. The lowest BCUT2D eigenvalue weighted by Gasteiger charge is -2.51. The summed E-state index contributed by atoms with van der Waals surface area (Å²) in [6, 6.07) is 19.7. The highest BCUT2D eigenvalue weighted by molar-refractivity contribution is 5.99. The third-order valence-electron chi connectivity index (χ3n) is 8.24. The number of nitrogens with one attached hydrogen (secondary N) is 2. The minimum atomic E-state index is -0.102. The van der Waals surface area contributed by atoms with E-state index in [1.54, 1.807) is 13.2 Å². The van der Waals surface area contributed by atoms with Gasteiger partial charge >= 0.3 is 0 Å². The van der Waals surface area contributed by atoms with Crippen LogP contribution >= 0.6 is 0 Å². The molecule has 4 atom stereocenters. The molecule has 2 N–H and O–H groups in total. The van der Waals surface area contributed by atoms with E-state index in [1.165, 1.54) is 25.7 Å². The molecule has 1 aromatic heterocycles. The van der Waals surface area contributed by atoms with Gasteiger partial charge in [-0.25, -0.2) is 4.98 Å². The number of nitriles is 1. The third kappa shape index (κ3) is 4.21. The zero-order valence-electron chi connectivity index (χ0n) is 21.0. The van der Waals surface area contributed by atoms with Gasteiger partial charge in [-0.05, 0) is 55.3 Å². The van der Waals surface area contributed by atoms with E-state index in [0.29, 0.717) is 35.6 Å². The lowest BCUT2D eigenvalue weighted by Crippen LogP contribution is -2.61. The first-order valence-corrected chi connectivity index (χ1v) is 13.0. The maximum Gasteiger partial charge on any atom is 0.270 e. The Kier molecular flexibility index (Phi) is 6.05. The number of hydrogen-bond donors (Lipinski definition) is 2. The molecule has 4 heterocycles. The average Bonchev–Trinajstić information content (AvgIpc) is 3.24. The fourth-order valence-electron chi connectivity index (χ4n) is 6.46. The number of ether oxygens (including phenoxy) is 1. The summed E-state index contributed by atoms with van der Waals surface area (Å²) >= 11 is 0. The number of anilines is 1. The van der Waals surface area contributed by atoms with Crippen LogP contribution < -0.4 is 15.4 Å². The molecule has 188 valence electrons. The van der Waals surface area contributed by atoms with Gasteiger partial charge in [0, 0.05) is 47.2 Å². The summed E-state index contributed by atoms with van der Waals surface area (Å²) < 4.78 is 5.58. The average molecular weight is 494 g/mol. The van der Waals surface area contributed by atoms with E-state index in [9.17, 15) is 4.79 Å². The van der Waals surface area contributed by atoms with Gasteiger partial charge in [0.25, 0.3) is 5.91 Å². The number of pyridine rings is 1. The van der Waals surface area contributed by atoms with Crippen LogP contribution in [0.1, 0.15) is 42.6 Å². The topological polar surface area (TPSA) is 90.3 Å². The lowest BCUT2D eigenvalue weighted by molar-refractivity contribution is -0.0194. The van der Waals surface area contributed by atoms with E-state index in [2.05, 4.69) is 28.2 Å². The van der Waals surface area contributed by atoms with E-state index in [-0.39, 0.29) is 11.9 Å². The molecule has 3 aliphatic heterocycles. The van der Waals surface area contributed by atoms with Crippen molar-refractivity contribution in [2.45, 2.75) is 56.3 Å². The number of benzene rings is 2. The first kappa shape index (κ1) is 23.5. The molecule has 7 heteroatoms. The highest BCUT2D eigenvalue weighted by Crippen LogP contribution is 2.46. The molecule has 3 aromatic rings. The summed E-state index contributed by atoms with van der Waals surface area (Å²) in [5.41, 5.74) is 3.30. The number of carbonyl (C=O) groups is 1. The van der Waals surface area contributed by atoms with Crippen molar-refractivity contribution in [2.75, 3.05) is 19.0 Å². The number of amides is 1. The van der Waals surface area contributed by atoms with Crippen molar-refractivity contribution < 1.29 is 9.53 Å². The van der Waals surface area contributed by atoms with Gasteiger partial charge in [-0.15, -0.1) is 0 Å². The smallest absolute Gasteiger partial charge is 0.270 e. The van der Waals surface area contributed by atoms with Crippen molar-refractivity contribution in [3.63, 3.8) is 0 Å². The fourth-order valence-corrected chi connectivity index (χ4v) is 6.46. The Morgan fingerprint density at radius 1 is 1.19 bits per heavy atom. The molecule has 3 aliphatic rings. The number of carbonyl (C=O) groups excluding carboxylic acids is 1. The molecule has 1 amide bonds. The Balaban J connectivity index is 1.25. The minimum absolute atomic E-state index is 0.102. The number of rotatable bonds is 7. The van der Waals surface area contributed by atoms with E-state index >= 15 is 0 Å². The largest absolute Gasteiger partial charge is 0.495 e. The molecule has 0 spiro atoms. The number of hydrogen-bond acceptors (Lipinski definition) is 6. The second kappa shape index (κ2) is 9.53. The molecule has 3 fully saturated rings. The second-order valence-corrected chi connectivity index (χ2v) is 10.4. The molecule has 2 aromatic carbocycles. The minimum Gasteiger partial charge on any atom is -0.495 e. The molecule has 6 rings (SSSR count). The molecule has 0 radical (unpaired) electrons. The van der Waals surface area contributed by atoms with E-state index in [0.717, 1.165) is 40.2 Å². The van der Waals surface area contributed by atoms with Gasteiger partial charge in [-0.2, -0.15) is 5.26 Å². The Bertz CT molecular complexity index is 1430. The molecule has 4 unspecified atom stereocenters. The van der Waals surface area contributed by atoms with Gasteiger partial charge in [-0.1, -0.05) is 37.3 Å². The maximum atomic E-state index is 13.2. The Labute approximate surface area is 217 Å². The summed E-state index contributed by atoms with van der Waals surface area (Å²) in [4.78, 5) is 20.6. The van der Waals surface area contributed by atoms with E-state index < -0.39 is 0 Å². The van der Waals surface area contributed by atoms with Crippen molar-refractivity contribution in [1.82, 2.24) is 15.2 Å². The van der Waals surface area contributed by atoms with Crippen LogP contribution in [0.4, 0.5) is 5.69 Å². The molecule has 3 saturated heterocycles. The zero-order chi connectivity index (χ0) is 25.5. The molecule has 0 aliphatic carbocycles. The van der Waals surface area contributed by atoms with Crippen LogP contribution in [0.15, 0.2) is 60.7 Å². The number of methoxy groups -OCH3 is 1. The van der Waals surface area contributed by atoms with Gasteiger partial charge < -0.3 is 15.4 Å². The van der Waals surface area contributed by atoms with Crippen molar-refractivity contribution in [1.29, 1.82) is 5.26 Å². The van der Waals surface area contributed by atoms with Crippen LogP contribution in [-0.2, 0) is 0 Å². The van der Waals surface area contributed by atoms with Crippen molar-refractivity contribution in [3.05, 3.63) is 66.4 Å². The van der Waals surface area contributed by atoms with E-state index in [1.807, 2.05) is 42.5 Å². The second-order valence-electron chi connectivity index (χ2n) is 10.4. The van der Waals surface area contributed by atoms with Crippen LogP contribution in [0.2, 0.25) is 0 Å². The molecular weight excluding hydrogens is 462 g/mol. The maximum absolute atomic E-state index is 13.2. The first-order valence-electron chi connectivity index (χ1n) is 13.0. The lowest BCUT2D eigenvalue weighted by atomic mass is 9.85. The predicted octanol–water partition coefficient (Wildman–Crippen LogP) is 4.90. The number of nitrogens with zero attached hydrogens (tertiary/aromatic N) is 3.